The molecule has 0 aliphatic carbocycles. The van der Waals surface area contributed by atoms with Crippen LogP contribution < -0.4 is 0 Å². The Labute approximate surface area is 119 Å². The zero-order valence-corrected chi connectivity index (χ0v) is 11.8. The van der Waals surface area contributed by atoms with E-state index < -0.39 is 23.5 Å². The maximum atomic E-state index is 12.2. The van der Waals surface area contributed by atoms with Crippen LogP contribution in [0.15, 0.2) is 29.2 Å². The SMILES string of the molecule is CCC(C(=O)OC)C(O)c1ccc(SC(F)(F)F)cc1. The van der Waals surface area contributed by atoms with E-state index >= 15 is 0 Å². The Morgan fingerprint density at radius 3 is 2.30 bits per heavy atom. The van der Waals surface area contributed by atoms with E-state index in [1.54, 1.807) is 6.92 Å². The van der Waals surface area contributed by atoms with Crippen molar-refractivity contribution in [3.8, 4) is 0 Å². The van der Waals surface area contributed by atoms with Crippen LogP contribution in [0.5, 0.6) is 0 Å². The van der Waals surface area contributed by atoms with Gasteiger partial charge >= 0.3 is 11.5 Å². The fourth-order valence-corrected chi connectivity index (χ4v) is 2.31. The fourth-order valence-electron chi connectivity index (χ4n) is 1.77. The van der Waals surface area contributed by atoms with Crippen molar-refractivity contribution in [2.45, 2.75) is 29.9 Å². The van der Waals surface area contributed by atoms with Gasteiger partial charge in [-0.25, -0.2) is 0 Å². The molecule has 0 heterocycles. The standard InChI is InChI=1S/C13H15F3O3S/c1-3-10(12(18)19-2)11(17)8-4-6-9(7-5-8)20-13(14,15)16/h4-7,10-11,17H,3H2,1-2H3. The third-order valence-electron chi connectivity index (χ3n) is 2.78. The quantitative estimate of drug-likeness (QED) is 0.668. The monoisotopic (exact) mass is 308 g/mol. The molecule has 0 aliphatic rings. The minimum absolute atomic E-state index is 0.0274. The number of rotatable bonds is 5. The van der Waals surface area contributed by atoms with E-state index in [0.717, 1.165) is 0 Å². The highest BCUT2D eigenvalue weighted by molar-refractivity contribution is 8.00. The van der Waals surface area contributed by atoms with E-state index in [2.05, 4.69) is 4.74 Å². The zero-order chi connectivity index (χ0) is 15.3. The lowest BCUT2D eigenvalue weighted by molar-refractivity contribution is -0.149. The summed E-state index contributed by atoms with van der Waals surface area (Å²) >= 11 is -0.227. The molecular formula is C13H15F3O3S. The van der Waals surface area contributed by atoms with E-state index in [0.29, 0.717) is 12.0 Å². The van der Waals surface area contributed by atoms with E-state index in [4.69, 9.17) is 0 Å². The van der Waals surface area contributed by atoms with Gasteiger partial charge in [0.15, 0.2) is 0 Å². The van der Waals surface area contributed by atoms with Gasteiger partial charge in [-0.15, -0.1) is 0 Å². The molecule has 2 unspecified atom stereocenters. The summed E-state index contributed by atoms with van der Waals surface area (Å²) < 4.78 is 41.1. The average Bonchev–Trinajstić information content (AvgIpc) is 2.38. The maximum absolute atomic E-state index is 12.2. The van der Waals surface area contributed by atoms with Gasteiger partial charge in [0.25, 0.3) is 0 Å². The van der Waals surface area contributed by atoms with Crippen LogP contribution in [0.1, 0.15) is 25.0 Å². The molecule has 0 aliphatic heterocycles. The number of thioether (sulfide) groups is 1. The summed E-state index contributed by atoms with van der Waals surface area (Å²) in [5.41, 5.74) is -3.97. The van der Waals surface area contributed by atoms with Gasteiger partial charge in [0, 0.05) is 4.90 Å². The summed E-state index contributed by atoms with van der Waals surface area (Å²) in [7, 11) is 1.22. The van der Waals surface area contributed by atoms with Crippen molar-refractivity contribution < 1.29 is 27.8 Å². The topological polar surface area (TPSA) is 46.5 Å². The summed E-state index contributed by atoms with van der Waals surface area (Å²) in [4.78, 5) is 11.5. The summed E-state index contributed by atoms with van der Waals surface area (Å²) in [6.07, 6.45) is -0.732. The first kappa shape index (κ1) is 16.8. The molecule has 0 aromatic heterocycles. The lowest BCUT2D eigenvalue weighted by Gasteiger charge is -2.19. The molecular weight excluding hydrogens is 293 g/mol. The molecule has 1 rings (SSSR count). The molecule has 0 fully saturated rings. The minimum Gasteiger partial charge on any atom is -0.469 e. The molecule has 7 heteroatoms. The lowest BCUT2D eigenvalue weighted by Crippen LogP contribution is -2.22. The molecule has 0 radical (unpaired) electrons. The molecule has 3 nitrogen and oxygen atoms in total. The number of carbonyl (C=O) groups excluding carboxylic acids is 1. The summed E-state index contributed by atoms with van der Waals surface area (Å²) in [5, 5.41) is 10.1. The summed E-state index contributed by atoms with van der Waals surface area (Å²) in [6, 6.07) is 5.29. The van der Waals surface area contributed by atoms with Crippen molar-refractivity contribution in [2.24, 2.45) is 5.92 Å². The Morgan fingerprint density at radius 1 is 1.35 bits per heavy atom. The third-order valence-corrected chi connectivity index (χ3v) is 3.52. The first-order chi connectivity index (χ1) is 9.28. The second-order valence-corrected chi connectivity index (χ2v) is 5.24. The van der Waals surface area contributed by atoms with E-state index in [-0.39, 0.29) is 16.7 Å². The first-order valence-electron chi connectivity index (χ1n) is 5.90. The van der Waals surface area contributed by atoms with E-state index in [1.807, 2.05) is 0 Å². The molecule has 1 aromatic rings. The van der Waals surface area contributed by atoms with Gasteiger partial charge in [0.05, 0.1) is 19.1 Å². The van der Waals surface area contributed by atoms with Gasteiger partial charge < -0.3 is 9.84 Å². The number of carbonyl (C=O) groups is 1. The van der Waals surface area contributed by atoms with Crippen LogP contribution in [0.3, 0.4) is 0 Å². The Balaban J connectivity index is 2.84. The Bertz CT molecular complexity index is 445. The number of esters is 1. The molecule has 1 aromatic carbocycles. The largest absolute Gasteiger partial charge is 0.469 e. The molecule has 1 N–H and O–H groups in total. The van der Waals surface area contributed by atoms with Gasteiger partial charge in [0.1, 0.15) is 0 Å². The second-order valence-electron chi connectivity index (χ2n) is 4.10. The zero-order valence-electron chi connectivity index (χ0n) is 11.0. The Morgan fingerprint density at radius 2 is 1.90 bits per heavy atom. The van der Waals surface area contributed by atoms with Crippen LogP contribution in [0.25, 0.3) is 0 Å². The number of halogens is 3. The lowest BCUT2D eigenvalue weighted by atomic mass is 9.93. The normalized spacial score (nSPS) is 14.7. The molecule has 0 spiro atoms. The van der Waals surface area contributed by atoms with Crippen molar-refractivity contribution >= 4 is 17.7 Å². The van der Waals surface area contributed by atoms with Crippen molar-refractivity contribution in [3.05, 3.63) is 29.8 Å². The number of aliphatic hydroxyl groups excluding tert-OH is 1. The number of hydrogen-bond acceptors (Lipinski definition) is 4. The molecule has 112 valence electrons. The number of aliphatic hydroxyl groups is 1. The third kappa shape index (κ3) is 4.72. The molecule has 0 bridgehead atoms. The minimum atomic E-state index is -4.35. The number of hydrogen-bond donors (Lipinski definition) is 1. The first-order valence-corrected chi connectivity index (χ1v) is 6.71. The van der Waals surface area contributed by atoms with Crippen molar-refractivity contribution in [1.82, 2.24) is 0 Å². The van der Waals surface area contributed by atoms with Crippen LogP contribution >= 0.6 is 11.8 Å². The van der Waals surface area contributed by atoms with Gasteiger partial charge in [0.2, 0.25) is 0 Å². The molecule has 0 amide bonds. The summed E-state index contributed by atoms with van der Waals surface area (Å²) in [5.74, 6) is -1.28. The Hall–Kier alpha value is -1.21. The molecule has 0 saturated carbocycles. The number of ether oxygens (including phenoxy) is 1. The second kappa shape index (κ2) is 6.99. The van der Waals surface area contributed by atoms with E-state index in [1.165, 1.54) is 31.4 Å². The van der Waals surface area contributed by atoms with Crippen LogP contribution in [0.4, 0.5) is 13.2 Å². The molecule has 20 heavy (non-hydrogen) atoms. The van der Waals surface area contributed by atoms with Crippen molar-refractivity contribution in [2.75, 3.05) is 7.11 Å². The highest BCUT2D eigenvalue weighted by atomic mass is 32.2. The van der Waals surface area contributed by atoms with Gasteiger partial charge in [-0.2, -0.15) is 13.2 Å². The van der Waals surface area contributed by atoms with Gasteiger partial charge in [-0.3, -0.25) is 4.79 Å². The fraction of sp³-hybridized carbons (Fsp3) is 0.462. The molecule has 0 saturated heterocycles. The Kier molecular flexibility index (Phi) is 5.88. The predicted molar refractivity (Wildman–Crippen MR) is 69.1 cm³/mol. The van der Waals surface area contributed by atoms with Crippen LogP contribution in [-0.4, -0.2) is 23.7 Å². The van der Waals surface area contributed by atoms with Crippen molar-refractivity contribution in [3.63, 3.8) is 0 Å². The molecule has 2 atom stereocenters. The number of alkyl halides is 3. The number of methoxy groups -OCH3 is 1. The van der Waals surface area contributed by atoms with Gasteiger partial charge in [-0.05, 0) is 35.9 Å². The van der Waals surface area contributed by atoms with Crippen molar-refractivity contribution in [1.29, 1.82) is 0 Å². The highest BCUT2D eigenvalue weighted by Gasteiger charge is 2.30. The maximum Gasteiger partial charge on any atom is 0.446 e. The van der Waals surface area contributed by atoms with Crippen LogP contribution in [-0.2, 0) is 9.53 Å². The van der Waals surface area contributed by atoms with E-state index in [9.17, 15) is 23.1 Å². The van der Waals surface area contributed by atoms with Gasteiger partial charge in [-0.1, -0.05) is 19.1 Å². The highest BCUT2D eigenvalue weighted by Crippen LogP contribution is 2.37. The van der Waals surface area contributed by atoms with Crippen LogP contribution in [0, 0.1) is 5.92 Å². The predicted octanol–water partition coefficient (Wildman–Crippen LogP) is 3.53. The smallest absolute Gasteiger partial charge is 0.446 e. The average molecular weight is 308 g/mol. The summed E-state index contributed by atoms with van der Waals surface area (Å²) in [6.45, 7) is 1.72. The number of benzene rings is 1. The van der Waals surface area contributed by atoms with Crippen LogP contribution in [0.2, 0.25) is 0 Å².